The number of ether oxygens (including phenoxy) is 2. The average Bonchev–Trinajstić information content (AvgIpc) is 3.33. The predicted molar refractivity (Wildman–Crippen MR) is 163 cm³/mol. The number of nitrogens with one attached hydrogen (secondary N) is 2. The average molecular weight is 573 g/mol. The van der Waals surface area contributed by atoms with Gasteiger partial charge in [0.15, 0.2) is 0 Å². The summed E-state index contributed by atoms with van der Waals surface area (Å²) >= 11 is 0. The molecule has 224 valence electrons. The van der Waals surface area contributed by atoms with E-state index in [1.54, 1.807) is 13.0 Å². The van der Waals surface area contributed by atoms with Gasteiger partial charge in [-0.1, -0.05) is 44.2 Å². The highest BCUT2D eigenvalue weighted by atomic mass is 16.5. The Morgan fingerprint density at radius 3 is 2.64 bits per heavy atom. The molecule has 42 heavy (non-hydrogen) atoms. The van der Waals surface area contributed by atoms with Crippen LogP contribution in [0.3, 0.4) is 0 Å². The summed E-state index contributed by atoms with van der Waals surface area (Å²) in [5.74, 6) is 2.33. The third-order valence-corrected chi connectivity index (χ3v) is 11.2. The van der Waals surface area contributed by atoms with Crippen molar-refractivity contribution >= 4 is 34.2 Å². The molecule has 4 aliphatic rings. The molecule has 2 aromatic carbocycles. The molecule has 3 aliphatic carbocycles. The molecule has 7 nitrogen and oxygen atoms in total. The summed E-state index contributed by atoms with van der Waals surface area (Å²) in [6.07, 6.45) is 11.1. The predicted octanol–water partition coefficient (Wildman–Crippen LogP) is 6.41. The molecule has 2 N–H and O–H groups in total. The molecule has 0 saturated heterocycles. The van der Waals surface area contributed by atoms with Crippen molar-refractivity contribution in [2.45, 2.75) is 78.2 Å². The Labute approximate surface area is 248 Å². The van der Waals surface area contributed by atoms with Gasteiger partial charge in [-0.15, -0.1) is 0 Å². The first-order valence-electron chi connectivity index (χ1n) is 15.9. The highest BCUT2D eigenvalue weighted by Crippen LogP contribution is 2.65. The molecule has 2 aromatic rings. The van der Waals surface area contributed by atoms with Crippen LogP contribution in [0, 0.1) is 34.5 Å². The van der Waals surface area contributed by atoms with E-state index in [1.807, 2.05) is 36.4 Å². The highest BCUT2D eigenvalue weighted by molar-refractivity contribution is 6.04. The number of benzene rings is 2. The molecular formula is C35H44N2O5. The lowest BCUT2D eigenvalue weighted by molar-refractivity contribution is -0.143. The van der Waals surface area contributed by atoms with Gasteiger partial charge in [0.1, 0.15) is 5.75 Å². The molecule has 1 aliphatic heterocycles. The van der Waals surface area contributed by atoms with Crippen molar-refractivity contribution in [2.24, 2.45) is 34.5 Å². The van der Waals surface area contributed by atoms with Gasteiger partial charge < -0.3 is 20.1 Å². The van der Waals surface area contributed by atoms with E-state index < -0.39 is 0 Å². The summed E-state index contributed by atoms with van der Waals surface area (Å²) in [5.41, 5.74) is 0.791. The first kappa shape index (κ1) is 28.8. The Morgan fingerprint density at radius 1 is 1.00 bits per heavy atom. The van der Waals surface area contributed by atoms with Crippen LogP contribution < -0.4 is 15.4 Å². The van der Waals surface area contributed by atoms with Crippen molar-refractivity contribution in [2.75, 3.05) is 18.5 Å². The quantitative estimate of drug-likeness (QED) is 0.282. The minimum Gasteiger partial charge on any atom is -0.493 e. The van der Waals surface area contributed by atoms with Crippen LogP contribution in [0.4, 0.5) is 5.69 Å². The van der Waals surface area contributed by atoms with Gasteiger partial charge in [-0.2, -0.15) is 0 Å². The highest BCUT2D eigenvalue weighted by Gasteiger charge is 2.60. The van der Waals surface area contributed by atoms with Gasteiger partial charge in [0.2, 0.25) is 11.8 Å². The Kier molecular flexibility index (Phi) is 7.79. The fourth-order valence-electron chi connectivity index (χ4n) is 9.13. The van der Waals surface area contributed by atoms with Gasteiger partial charge in [-0.3, -0.25) is 14.4 Å². The lowest BCUT2D eigenvalue weighted by Crippen LogP contribution is -2.59. The Balaban J connectivity index is 1.15. The van der Waals surface area contributed by atoms with Crippen LogP contribution in [0.25, 0.3) is 10.8 Å². The van der Waals surface area contributed by atoms with Gasteiger partial charge in [0.05, 0.1) is 13.2 Å². The first-order chi connectivity index (χ1) is 20.2. The molecule has 6 rings (SSSR count). The lowest BCUT2D eigenvalue weighted by Gasteiger charge is -2.58. The van der Waals surface area contributed by atoms with Gasteiger partial charge in [-0.05, 0) is 93.2 Å². The summed E-state index contributed by atoms with van der Waals surface area (Å²) in [6.45, 7) is 7.31. The van der Waals surface area contributed by atoms with Crippen LogP contribution in [0.15, 0.2) is 48.6 Å². The van der Waals surface area contributed by atoms with E-state index in [9.17, 15) is 14.4 Å². The normalized spacial score (nSPS) is 33.2. The van der Waals surface area contributed by atoms with Crippen LogP contribution in [-0.2, 0) is 19.1 Å². The molecule has 0 unspecified atom stereocenters. The van der Waals surface area contributed by atoms with Crippen molar-refractivity contribution in [1.29, 1.82) is 0 Å². The third-order valence-electron chi connectivity index (χ3n) is 11.2. The number of carbonyl (C=O) groups excluding carboxylic acids is 3. The van der Waals surface area contributed by atoms with Crippen molar-refractivity contribution in [3.8, 4) is 5.75 Å². The number of esters is 1. The molecule has 0 bridgehead atoms. The summed E-state index contributed by atoms with van der Waals surface area (Å²) in [6, 6.07) is 12.1. The standard InChI is InChI=1S/C35H44N2O5/c1-4-41-32(39)12-7-21-42-29-11-6-8-22-23(29)9-5-10-28(22)36-33(40)27-15-14-25-24-13-16-30-35(3,20-18-31(38)37-30)26(24)17-19-34(25,27)2/h5-6,8-11,18,20,24-27,30H,4,7,12-17,19,21H2,1-3H3,(H,36,40)(H,37,38)/t24-,25-,26-,27+,30+,34-,35+/m0/s1. The van der Waals surface area contributed by atoms with Gasteiger partial charge >= 0.3 is 5.97 Å². The van der Waals surface area contributed by atoms with E-state index in [2.05, 4.69) is 30.6 Å². The van der Waals surface area contributed by atoms with Crippen LogP contribution >= 0.6 is 0 Å². The lowest BCUT2D eigenvalue weighted by atomic mass is 9.48. The monoisotopic (exact) mass is 572 g/mol. The maximum atomic E-state index is 14.0. The molecule has 2 amide bonds. The second-order valence-electron chi connectivity index (χ2n) is 13.3. The smallest absolute Gasteiger partial charge is 0.305 e. The second-order valence-corrected chi connectivity index (χ2v) is 13.3. The molecule has 7 atom stereocenters. The fourth-order valence-corrected chi connectivity index (χ4v) is 9.13. The maximum absolute atomic E-state index is 14.0. The van der Waals surface area contributed by atoms with Crippen molar-refractivity contribution < 1.29 is 23.9 Å². The molecule has 0 radical (unpaired) electrons. The van der Waals surface area contributed by atoms with E-state index in [1.165, 1.54) is 0 Å². The molecule has 3 saturated carbocycles. The molecule has 1 heterocycles. The van der Waals surface area contributed by atoms with Crippen molar-refractivity contribution in [3.05, 3.63) is 48.6 Å². The third kappa shape index (κ3) is 4.99. The number of carbonyl (C=O) groups is 3. The minimum absolute atomic E-state index is 0.0000489. The summed E-state index contributed by atoms with van der Waals surface area (Å²) in [5, 5.41) is 8.46. The first-order valence-corrected chi connectivity index (χ1v) is 15.9. The zero-order chi connectivity index (χ0) is 29.5. The Bertz CT molecular complexity index is 1400. The maximum Gasteiger partial charge on any atom is 0.305 e. The van der Waals surface area contributed by atoms with E-state index in [0.717, 1.165) is 60.7 Å². The van der Waals surface area contributed by atoms with Crippen LogP contribution in [0.5, 0.6) is 5.75 Å². The SMILES string of the molecule is CCOC(=O)CCCOc1cccc2c(NC(=O)[C@H]3CC[C@H]4[C@@H]5CC[C@H]6NC(=O)C=C[C@]6(C)[C@H]5CC[C@]34C)cccc12. The number of anilines is 1. The van der Waals surface area contributed by atoms with Gasteiger partial charge in [0.25, 0.3) is 0 Å². The number of amides is 2. The van der Waals surface area contributed by atoms with Gasteiger partial charge in [-0.25, -0.2) is 0 Å². The molecule has 0 aromatic heterocycles. The molecule has 3 fully saturated rings. The number of fused-ring (bicyclic) bond motifs is 6. The molecule has 7 heteroatoms. The van der Waals surface area contributed by atoms with Crippen molar-refractivity contribution in [3.63, 3.8) is 0 Å². The largest absolute Gasteiger partial charge is 0.493 e. The molecular weight excluding hydrogens is 528 g/mol. The van der Waals surface area contributed by atoms with Crippen molar-refractivity contribution in [1.82, 2.24) is 5.32 Å². The summed E-state index contributed by atoms with van der Waals surface area (Å²) in [7, 11) is 0. The Hall–Kier alpha value is -3.35. The number of rotatable bonds is 8. The van der Waals surface area contributed by atoms with Gasteiger partial charge in [0, 0.05) is 40.3 Å². The van der Waals surface area contributed by atoms with Crippen LogP contribution in [0.1, 0.15) is 72.1 Å². The summed E-state index contributed by atoms with van der Waals surface area (Å²) in [4.78, 5) is 37.7. The fraction of sp³-hybridized carbons (Fsp3) is 0.571. The molecule has 0 spiro atoms. The Morgan fingerprint density at radius 2 is 1.81 bits per heavy atom. The van der Waals surface area contributed by atoms with E-state index in [4.69, 9.17) is 9.47 Å². The van der Waals surface area contributed by atoms with Crippen LogP contribution in [0.2, 0.25) is 0 Å². The zero-order valence-electron chi connectivity index (χ0n) is 25.1. The topological polar surface area (TPSA) is 93.7 Å². The number of hydrogen-bond acceptors (Lipinski definition) is 5. The second kappa shape index (κ2) is 11.4. The van der Waals surface area contributed by atoms with E-state index >= 15 is 0 Å². The van der Waals surface area contributed by atoms with E-state index in [0.29, 0.717) is 43.8 Å². The minimum atomic E-state index is -0.207. The summed E-state index contributed by atoms with van der Waals surface area (Å²) < 4.78 is 11.1. The van der Waals surface area contributed by atoms with E-state index in [-0.39, 0.29) is 40.6 Å². The van der Waals surface area contributed by atoms with Crippen LogP contribution in [-0.4, -0.2) is 37.0 Å². The zero-order valence-corrected chi connectivity index (χ0v) is 25.1. The number of hydrogen-bond donors (Lipinski definition) is 2.